The molecule has 0 unspecified atom stereocenters. The highest BCUT2D eigenvalue weighted by atomic mass is 35.5. The predicted octanol–water partition coefficient (Wildman–Crippen LogP) is 9.71. The second kappa shape index (κ2) is 30.0. The van der Waals surface area contributed by atoms with E-state index in [0.717, 1.165) is 35.1 Å². The number of anilines is 2. The molecule has 0 spiro atoms. The van der Waals surface area contributed by atoms with Crippen LogP contribution in [0.1, 0.15) is 87.5 Å². The number of rotatable bonds is 20. The van der Waals surface area contributed by atoms with Gasteiger partial charge in [0, 0.05) is 81.2 Å². The van der Waals surface area contributed by atoms with Crippen molar-refractivity contribution in [2.24, 2.45) is 15.6 Å². The number of carbonyl (C=O) groups is 8. The van der Waals surface area contributed by atoms with E-state index >= 15 is 0 Å². The van der Waals surface area contributed by atoms with E-state index in [0.29, 0.717) is 13.1 Å². The van der Waals surface area contributed by atoms with E-state index in [1.54, 1.807) is 17.0 Å². The molecule has 3 aliphatic rings. The second-order valence-electron chi connectivity index (χ2n) is 20.5. The molecule has 1 fully saturated rings. The Morgan fingerprint density at radius 3 is 1.40 bits per heavy atom. The number of hydrogen-bond donors (Lipinski definition) is 5. The number of azide groups is 2. The summed E-state index contributed by atoms with van der Waals surface area (Å²) in [6.07, 6.45) is 1.14. The van der Waals surface area contributed by atoms with Crippen molar-refractivity contribution in [1.29, 1.82) is 0 Å². The van der Waals surface area contributed by atoms with Gasteiger partial charge in [0.05, 0.1) is 37.9 Å². The minimum absolute atomic E-state index is 0.0260. The molecule has 28 heteroatoms. The molecular weight excluding hydrogens is 1170 g/mol. The van der Waals surface area contributed by atoms with Crippen molar-refractivity contribution in [1.82, 2.24) is 25.3 Å². The van der Waals surface area contributed by atoms with Crippen LogP contribution in [0.4, 0.5) is 20.2 Å². The Hall–Kier alpha value is -7.72. The molecule has 3 heterocycles. The quantitative estimate of drug-likeness (QED) is 0.0243. The summed E-state index contributed by atoms with van der Waals surface area (Å²) in [6.45, 7) is 5.59. The average molecular weight is 1230 g/mol. The van der Waals surface area contributed by atoms with Crippen LogP contribution in [0.3, 0.4) is 0 Å². The number of amides is 7. The number of carboxylic acids is 1. The summed E-state index contributed by atoms with van der Waals surface area (Å²) >= 11 is 23.3. The lowest BCUT2D eigenvalue weighted by atomic mass is 9.82. The van der Waals surface area contributed by atoms with Gasteiger partial charge in [-0.15, -0.1) is 0 Å². The largest absolute Gasteiger partial charge is 0.481 e. The third kappa shape index (κ3) is 17.6. The van der Waals surface area contributed by atoms with Crippen molar-refractivity contribution in [3.63, 3.8) is 0 Å². The zero-order valence-electron chi connectivity index (χ0n) is 45.1. The van der Waals surface area contributed by atoms with E-state index in [9.17, 15) is 47.1 Å². The first-order valence-corrected chi connectivity index (χ1v) is 27.8. The van der Waals surface area contributed by atoms with Crippen molar-refractivity contribution < 1.29 is 52.2 Å². The Labute approximate surface area is 495 Å². The number of fused-ring (bicyclic) bond motifs is 2. The number of benzene rings is 4. The van der Waals surface area contributed by atoms with Gasteiger partial charge in [0.15, 0.2) is 11.6 Å². The topological polar surface area (TPSA) is 312 Å². The molecule has 0 saturated carbocycles. The fraction of sp³-hybridized carbons (Fsp3) is 0.418. The minimum atomic E-state index is -1.27. The van der Waals surface area contributed by atoms with Gasteiger partial charge < -0.3 is 41.1 Å². The monoisotopic (exact) mass is 1220 g/mol. The van der Waals surface area contributed by atoms with Crippen molar-refractivity contribution in [2.45, 2.75) is 115 Å². The van der Waals surface area contributed by atoms with E-state index in [1.807, 2.05) is 36.4 Å². The summed E-state index contributed by atoms with van der Waals surface area (Å²) in [4.78, 5) is 114. The van der Waals surface area contributed by atoms with Gasteiger partial charge in [-0.25, -0.2) is 8.78 Å². The Morgan fingerprint density at radius 1 is 0.614 bits per heavy atom. The van der Waals surface area contributed by atoms with Gasteiger partial charge in [-0.05, 0) is 88.7 Å². The highest BCUT2D eigenvalue weighted by molar-refractivity contribution is 6.42. The molecule has 4 atom stereocenters. The number of nitrogens with zero attached hydrogens (tertiary/aromatic N) is 9. The smallest absolute Gasteiger partial charge is 0.303 e. The van der Waals surface area contributed by atoms with Gasteiger partial charge in [-0.2, -0.15) is 0 Å². The lowest BCUT2D eigenvalue weighted by molar-refractivity contribution is -0.145. The summed E-state index contributed by atoms with van der Waals surface area (Å²) in [5.74, 6) is -6.94. The van der Waals surface area contributed by atoms with Crippen LogP contribution in [0.25, 0.3) is 20.9 Å². The SMILES string of the molecule is CC1(C)CCN(C(=O)CCC(=O)N2Cc3ccccc3C[C@H]2C(=O)N[C@@H](CCN=[N+]=[N-])C(=O)Nc2ccc(Cl)c(Cl)c2F)CC1.[N-]=[N+]=NCC[C@H](NC(=O)[C@@H]1Cc2ccccc2CN1C(=O)CCC(=O)O)C(=O)Nc1ccc(Cl)c(Cl)c1F. The summed E-state index contributed by atoms with van der Waals surface area (Å²) in [6, 6.07) is 15.2. The van der Waals surface area contributed by atoms with Crippen molar-refractivity contribution in [3.8, 4) is 0 Å². The standard InChI is InChI=1S/C31H36Cl2FN7O4.C24H23Cl2FN6O5/c1-31(2)12-15-40(16-13-31)25(42)9-10-26(43)41-18-20-6-4-3-5-19(20)17-24(41)30(45)38-23(11-14-36-39-35)29(44)37-22-8-7-21(32)27(33)28(22)34;25-15-5-6-16(22(27)21(15)26)30-23(37)17(9-10-29-32-28)31-24(38)18-11-13-3-1-2-4-14(13)12-33(18)19(34)7-8-20(35)36/h3-8,23-24H,9-18H2,1-2H3,(H,37,44)(H,38,45);1-6,17-18H,7-12H2,(H,30,37)(H,31,38)(H,35,36)/t23-,24-;17-,18-/m00/s1. The van der Waals surface area contributed by atoms with E-state index in [2.05, 4.69) is 55.2 Å². The Balaban J connectivity index is 0.000000271. The maximum Gasteiger partial charge on any atom is 0.303 e. The molecule has 4 aromatic carbocycles. The molecule has 0 radical (unpaired) electrons. The van der Waals surface area contributed by atoms with Crippen LogP contribution in [0.2, 0.25) is 20.1 Å². The fourth-order valence-electron chi connectivity index (χ4n) is 9.49. The van der Waals surface area contributed by atoms with Crippen LogP contribution in [-0.4, -0.2) is 117 Å². The third-order valence-corrected chi connectivity index (χ3v) is 15.9. The molecule has 4 aromatic rings. The van der Waals surface area contributed by atoms with Gasteiger partial charge in [0.1, 0.15) is 24.2 Å². The number of halogens is 6. The first-order chi connectivity index (χ1) is 39.5. The Kier molecular flexibility index (Phi) is 23.3. The van der Waals surface area contributed by atoms with Crippen LogP contribution in [0.5, 0.6) is 0 Å². The van der Waals surface area contributed by atoms with Crippen molar-refractivity contribution in [3.05, 3.63) is 148 Å². The van der Waals surface area contributed by atoms with Crippen LogP contribution in [-0.2, 0) is 64.3 Å². The summed E-state index contributed by atoms with van der Waals surface area (Å²) in [5.41, 5.74) is 20.4. The Morgan fingerprint density at radius 2 is 1.00 bits per heavy atom. The number of nitrogens with one attached hydrogen (secondary N) is 4. The first-order valence-electron chi connectivity index (χ1n) is 26.3. The van der Waals surface area contributed by atoms with Crippen molar-refractivity contribution in [2.75, 3.05) is 36.8 Å². The van der Waals surface area contributed by atoms with E-state index < -0.39 is 82.8 Å². The molecular formula is C55H59Cl4F2N13O9. The van der Waals surface area contributed by atoms with Gasteiger partial charge >= 0.3 is 5.97 Å². The maximum atomic E-state index is 14.7. The van der Waals surface area contributed by atoms with E-state index in [1.165, 1.54) is 34.1 Å². The van der Waals surface area contributed by atoms with Gasteiger partial charge in [-0.3, -0.25) is 38.4 Å². The molecule has 7 rings (SSSR count). The zero-order chi connectivity index (χ0) is 60.5. The van der Waals surface area contributed by atoms with Gasteiger partial charge in [-0.1, -0.05) is 119 Å². The van der Waals surface area contributed by atoms with Crippen LogP contribution < -0.4 is 21.3 Å². The van der Waals surface area contributed by atoms with E-state index in [-0.39, 0.29) is 115 Å². The number of piperidine rings is 1. The normalized spacial score (nSPS) is 16.6. The lowest BCUT2D eigenvalue weighted by Gasteiger charge is -2.38. The average Bonchev–Trinajstić information content (AvgIpc) is 3.61. The molecule has 0 bridgehead atoms. The first kappa shape index (κ1) is 64.4. The molecule has 440 valence electrons. The predicted molar refractivity (Wildman–Crippen MR) is 306 cm³/mol. The highest BCUT2D eigenvalue weighted by Crippen LogP contribution is 2.33. The molecule has 22 nitrogen and oxygen atoms in total. The van der Waals surface area contributed by atoms with Gasteiger partial charge in [0.2, 0.25) is 41.4 Å². The molecule has 7 amide bonds. The highest BCUT2D eigenvalue weighted by Gasteiger charge is 2.39. The third-order valence-electron chi connectivity index (χ3n) is 14.3. The maximum absolute atomic E-state index is 14.7. The van der Waals surface area contributed by atoms with Crippen molar-refractivity contribution >= 4 is 105 Å². The van der Waals surface area contributed by atoms with E-state index in [4.69, 9.17) is 62.6 Å². The molecule has 1 saturated heterocycles. The number of carbonyl (C=O) groups excluding carboxylic acids is 7. The molecule has 3 aliphatic heterocycles. The van der Waals surface area contributed by atoms with Crippen LogP contribution in [0.15, 0.2) is 83.0 Å². The van der Waals surface area contributed by atoms with Crippen LogP contribution >= 0.6 is 46.4 Å². The minimum Gasteiger partial charge on any atom is -0.481 e. The molecule has 0 aliphatic carbocycles. The summed E-state index contributed by atoms with van der Waals surface area (Å²) < 4.78 is 29.1. The summed E-state index contributed by atoms with van der Waals surface area (Å²) in [7, 11) is 0. The second-order valence-corrected chi connectivity index (χ2v) is 22.1. The molecule has 5 N–H and O–H groups in total. The zero-order valence-corrected chi connectivity index (χ0v) is 48.1. The number of hydrogen-bond acceptors (Lipinski definition) is 10. The van der Waals surface area contributed by atoms with Gasteiger partial charge in [0.25, 0.3) is 0 Å². The lowest BCUT2D eigenvalue weighted by Crippen LogP contribution is -2.56. The molecule has 0 aromatic heterocycles. The Bertz CT molecular complexity index is 3230. The van der Waals surface area contributed by atoms with Crippen LogP contribution in [0, 0.1) is 17.0 Å². The number of likely N-dealkylation sites (tertiary alicyclic amines) is 1. The number of aliphatic carboxylic acids is 1. The fourth-order valence-corrected chi connectivity index (χ4v) is 10.1. The summed E-state index contributed by atoms with van der Waals surface area (Å²) in [5, 5.41) is 25.0. The molecule has 83 heavy (non-hydrogen) atoms. The number of carboxylic acid groups (broad SMARTS) is 1.